The summed E-state index contributed by atoms with van der Waals surface area (Å²) >= 11 is 5.83. The van der Waals surface area contributed by atoms with E-state index in [0.29, 0.717) is 0 Å². The standard InChI is InChI=1S/C14H13ClN.HI/c1-16-11-3-2-4-14(16)10-7-12-5-8-13(15)9-6-12;/h2-11H,1H3;1H/q+1;/p-1. The van der Waals surface area contributed by atoms with Gasteiger partial charge in [0.1, 0.15) is 7.05 Å². The molecular formula is C14H13ClIN. The summed E-state index contributed by atoms with van der Waals surface area (Å²) in [6.45, 7) is 0. The Morgan fingerprint density at radius 3 is 2.35 bits per heavy atom. The maximum atomic E-state index is 5.83. The lowest BCUT2D eigenvalue weighted by Gasteiger charge is -1.94. The van der Waals surface area contributed by atoms with Gasteiger partial charge in [-0.15, -0.1) is 0 Å². The number of halogens is 2. The molecule has 1 aromatic carbocycles. The molecule has 0 unspecified atom stereocenters. The number of nitrogens with zero attached hydrogens (tertiary/aromatic N) is 1. The first-order chi connectivity index (χ1) is 7.75. The Hall–Kier alpha value is -0.870. The molecule has 17 heavy (non-hydrogen) atoms. The molecule has 0 fully saturated rings. The van der Waals surface area contributed by atoms with Crippen molar-refractivity contribution in [2.24, 2.45) is 7.05 Å². The van der Waals surface area contributed by atoms with Gasteiger partial charge in [0.2, 0.25) is 5.69 Å². The molecule has 88 valence electrons. The molecule has 0 aliphatic rings. The van der Waals surface area contributed by atoms with Crippen LogP contribution in [0.4, 0.5) is 0 Å². The summed E-state index contributed by atoms with van der Waals surface area (Å²) in [5.74, 6) is 0. The van der Waals surface area contributed by atoms with Gasteiger partial charge in [-0.3, -0.25) is 0 Å². The van der Waals surface area contributed by atoms with Gasteiger partial charge in [-0.2, -0.15) is 0 Å². The lowest BCUT2D eigenvalue weighted by atomic mass is 10.2. The van der Waals surface area contributed by atoms with Gasteiger partial charge < -0.3 is 24.0 Å². The van der Waals surface area contributed by atoms with Gasteiger partial charge in [0.15, 0.2) is 6.20 Å². The fourth-order valence-electron chi connectivity index (χ4n) is 1.47. The Kier molecular flexibility index (Phi) is 5.65. The predicted molar refractivity (Wildman–Crippen MR) is 68.0 cm³/mol. The van der Waals surface area contributed by atoms with Crippen LogP contribution >= 0.6 is 11.6 Å². The van der Waals surface area contributed by atoms with E-state index in [-0.39, 0.29) is 24.0 Å². The second kappa shape index (κ2) is 6.77. The van der Waals surface area contributed by atoms with Crippen LogP contribution in [0.5, 0.6) is 0 Å². The molecule has 0 amide bonds. The van der Waals surface area contributed by atoms with E-state index >= 15 is 0 Å². The smallest absolute Gasteiger partial charge is 0.204 e. The van der Waals surface area contributed by atoms with E-state index in [1.165, 1.54) is 0 Å². The highest BCUT2D eigenvalue weighted by Crippen LogP contribution is 2.11. The molecule has 2 rings (SSSR count). The third-order valence-electron chi connectivity index (χ3n) is 2.41. The normalized spacial score (nSPS) is 10.2. The minimum absolute atomic E-state index is 0. The maximum Gasteiger partial charge on any atom is 0.204 e. The third kappa shape index (κ3) is 4.13. The van der Waals surface area contributed by atoms with Crippen LogP contribution in [0.3, 0.4) is 0 Å². The van der Waals surface area contributed by atoms with Crippen LogP contribution in [0.25, 0.3) is 12.2 Å². The van der Waals surface area contributed by atoms with Crippen LogP contribution in [0.1, 0.15) is 11.3 Å². The molecule has 0 aliphatic heterocycles. The van der Waals surface area contributed by atoms with Gasteiger partial charge in [-0.25, -0.2) is 4.57 Å². The fourth-order valence-corrected chi connectivity index (χ4v) is 1.59. The zero-order chi connectivity index (χ0) is 11.4. The van der Waals surface area contributed by atoms with Crippen LogP contribution in [-0.2, 0) is 7.05 Å². The van der Waals surface area contributed by atoms with Crippen molar-refractivity contribution in [3.05, 3.63) is 64.9 Å². The molecule has 1 nitrogen and oxygen atoms in total. The topological polar surface area (TPSA) is 3.88 Å². The highest BCUT2D eigenvalue weighted by Gasteiger charge is 1.98. The SMILES string of the molecule is C[n+]1ccccc1C=Cc1ccc(Cl)cc1.[I-]. The summed E-state index contributed by atoms with van der Waals surface area (Å²) in [6.07, 6.45) is 6.19. The molecule has 3 heteroatoms. The molecular weight excluding hydrogens is 345 g/mol. The maximum absolute atomic E-state index is 5.83. The first-order valence-electron chi connectivity index (χ1n) is 5.14. The van der Waals surface area contributed by atoms with E-state index in [1.54, 1.807) is 0 Å². The van der Waals surface area contributed by atoms with Crippen LogP contribution < -0.4 is 28.5 Å². The van der Waals surface area contributed by atoms with Crippen molar-refractivity contribution in [2.45, 2.75) is 0 Å². The number of hydrogen-bond donors (Lipinski definition) is 0. The van der Waals surface area contributed by atoms with E-state index < -0.39 is 0 Å². The second-order valence-corrected chi connectivity index (χ2v) is 4.06. The second-order valence-electron chi connectivity index (χ2n) is 3.62. The Bertz CT molecular complexity index is 506. The van der Waals surface area contributed by atoms with E-state index in [2.05, 4.69) is 22.8 Å². The van der Waals surface area contributed by atoms with Crippen molar-refractivity contribution >= 4 is 23.8 Å². The van der Waals surface area contributed by atoms with Gasteiger partial charge in [-0.05, 0) is 29.8 Å². The van der Waals surface area contributed by atoms with E-state index in [9.17, 15) is 0 Å². The van der Waals surface area contributed by atoms with Crippen LogP contribution in [-0.4, -0.2) is 0 Å². The lowest BCUT2D eigenvalue weighted by molar-refractivity contribution is -0.673. The number of aromatic nitrogens is 1. The zero-order valence-electron chi connectivity index (χ0n) is 9.48. The largest absolute Gasteiger partial charge is 1.00 e. The van der Waals surface area contributed by atoms with Crippen molar-refractivity contribution in [1.29, 1.82) is 0 Å². The van der Waals surface area contributed by atoms with Gasteiger partial charge in [0.05, 0.1) is 0 Å². The van der Waals surface area contributed by atoms with Crippen molar-refractivity contribution in [2.75, 3.05) is 0 Å². The Morgan fingerprint density at radius 1 is 1.00 bits per heavy atom. The van der Waals surface area contributed by atoms with Crippen molar-refractivity contribution in [1.82, 2.24) is 0 Å². The molecule has 2 aromatic rings. The average molecular weight is 358 g/mol. The first kappa shape index (κ1) is 14.2. The van der Waals surface area contributed by atoms with Gasteiger partial charge in [-0.1, -0.05) is 23.7 Å². The first-order valence-corrected chi connectivity index (χ1v) is 5.52. The molecule has 1 heterocycles. The summed E-state index contributed by atoms with van der Waals surface area (Å²) in [4.78, 5) is 0. The summed E-state index contributed by atoms with van der Waals surface area (Å²) in [6, 6.07) is 13.9. The lowest BCUT2D eigenvalue weighted by Crippen LogP contribution is -3.00. The Balaban J connectivity index is 0.00000144. The molecule has 0 aliphatic carbocycles. The Morgan fingerprint density at radius 2 is 1.71 bits per heavy atom. The summed E-state index contributed by atoms with van der Waals surface area (Å²) in [7, 11) is 2.03. The number of benzene rings is 1. The number of pyridine rings is 1. The number of rotatable bonds is 2. The molecule has 0 saturated carbocycles. The minimum atomic E-state index is 0. The highest BCUT2D eigenvalue weighted by atomic mass is 127. The van der Waals surface area contributed by atoms with E-state index in [0.717, 1.165) is 16.3 Å². The highest BCUT2D eigenvalue weighted by molar-refractivity contribution is 6.30. The molecule has 0 N–H and O–H groups in total. The van der Waals surface area contributed by atoms with Gasteiger partial charge in [0.25, 0.3) is 0 Å². The van der Waals surface area contributed by atoms with Crippen LogP contribution in [0.15, 0.2) is 48.7 Å². The number of hydrogen-bond acceptors (Lipinski definition) is 0. The van der Waals surface area contributed by atoms with Crippen molar-refractivity contribution < 1.29 is 28.5 Å². The van der Waals surface area contributed by atoms with E-state index in [1.807, 2.05) is 49.6 Å². The van der Waals surface area contributed by atoms with Gasteiger partial charge in [0, 0.05) is 23.2 Å². The third-order valence-corrected chi connectivity index (χ3v) is 2.66. The summed E-state index contributed by atoms with van der Waals surface area (Å²) < 4.78 is 2.08. The van der Waals surface area contributed by atoms with Crippen LogP contribution in [0, 0.1) is 0 Å². The van der Waals surface area contributed by atoms with Crippen molar-refractivity contribution in [3.63, 3.8) is 0 Å². The molecule has 0 atom stereocenters. The molecule has 0 saturated heterocycles. The minimum Gasteiger partial charge on any atom is -1.00 e. The average Bonchev–Trinajstić information content (AvgIpc) is 2.30. The quantitative estimate of drug-likeness (QED) is 0.539. The molecule has 1 aromatic heterocycles. The summed E-state index contributed by atoms with van der Waals surface area (Å²) in [5, 5.41) is 0.766. The van der Waals surface area contributed by atoms with Crippen molar-refractivity contribution in [3.8, 4) is 0 Å². The predicted octanol–water partition coefficient (Wildman–Crippen LogP) is 0.339. The van der Waals surface area contributed by atoms with Gasteiger partial charge >= 0.3 is 0 Å². The Labute approximate surface area is 124 Å². The van der Waals surface area contributed by atoms with Crippen LogP contribution in [0.2, 0.25) is 5.02 Å². The van der Waals surface area contributed by atoms with E-state index in [4.69, 9.17) is 11.6 Å². The summed E-state index contributed by atoms with van der Waals surface area (Å²) in [5.41, 5.74) is 2.31. The zero-order valence-corrected chi connectivity index (χ0v) is 12.4. The molecule has 0 radical (unpaired) electrons. The fraction of sp³-hybridized carbons (Fsp3) is 0.0714. The molecule has 0 bridgehead atoms. The monoisotopic (exact) mass is 357 g/mol. The number of aryl methyl sites for hydroxylation is 1. The molecule has 0 spiro atoms.